The van der Waals surface area contributed by atoms with Crippen molar-refractivity contribution in [3.8, 4) is 23.0 Å². The molecule has 3 aromatic carbocycles. The smallest absolute Gasteiger partial charge is 0.206 e. The van der Waals surface area contributed by atoms with Gasteiger partial charge in [0.25, 0.3) is 0 Å². The Bertz CT molecular complexity index is 1170. The van der Waals surface area contributed by atoms with Gasteiger partial charge in [0.1, 0.15) is 17.2 Å². The molecule has 5 heteroatoms. The third kappa shape index (κ3) is 3.82. The van der Waals surface area contributed by atoms with Gasteiger partial charge in [-0.2, -0.15) is 13.2 Å². The molecule has 0 heterocycles. The Hall–Kier alpha value is -3.13. The van der Waals surface area contributed by atoms with Crippen LogP contribution in [0.3, 0.4) is 0 Å². The largest absolute Gasteiger partial charge is 0.422 e. The molecule has 152 valence electrons. The van der Waals surface area contributed by atoms with Gasteiger partial charge in [0.05, 0.1) is 0 Å². The van der Waals surface area contributed by atoms with Crippen LogP contribution in [0.1, 0.15) is 46.7 Å². The van der Waals surface area contributed by atoms with Crippen LogP contribution in [0.15, 0.2) is 48.5 Å². The van der Waals surface area contributed by atoms with Gasteiger partial charge in [-0.25, -0.2) is 8.78 Å². The maximum absolute atomic E-state index is 13.7. The van der Waals surface area contributed by atoms with Crippen molar-refractivity contribution in [2.24, 2.45) is 0 Å². The monoisotopic (exact) mass is 412 g/mol. The molecule has 0 radical (unpaired) electrons. The Morgan fingerprint density at radius 2 is 1.40 bits per heavy atom. The summed E-state index contributed by atoms with van der Waals surface area (Å²) < 4.78 is 65.5. The van der Waals surface area contributed by atoms with E-state index in [1.165, 1.54) is 16.7 Å². The van der Waals surface area contributed by atoms with E-state index in [1.54, 1.807) is 6.07 Å². The molecule has 0 fully saturated rings. The first kappa shape index (κ1) is 20.2. The van der Waals surface area contributed by atoms with Crippen LogP contribution >= 0.6 is 0 Å². The zero-order valence-corrected chi connectivity index (χ0v) is 16.1. The number of benzene rings is 3. The lowest BCUT2D eigenvalue weighted by Gasteiger charge is -2.09. The van der Waals surface area contributed by atoms with Gasteiger partial charge in [-0.1, -0.05) is 49.5 Å². The molecule has 3 aromatic rings. The quantitative estimate of drug-likeness (QED) is 0.248. The van der Waals surface area contributed by atoms with E-state index in [4.69, 9.17) is 0 Å². The average Bonchev–Trinajstić information content (AvgIpc) is 3.01. The molecule has 0 nitrogen and oxygen atoms in total. The fourth-order valence-electron chi connectivity index (χ4n) is 3.85. The number of alkyl halides is 3. The molecule has 1 aliphatic carbocycles. The van der Waals surface area contributed by atoms with Crippen LogP contribution in [-0.2, 0) is 19.0 Å². The van der Waals surface area contributed by atoms with Crippen LogP contribution in [0.4, 0.5) is 22.0 Å². The summed E-state index contributed by atoms with van der Waals surface area (Å²) in [5.41, 5.74) is 4.58. The van der Waals surface area contributed by atoms with Crippen molar-refractivity contribution in [2.45, 2.75) is 32.4 Å². The summed E-state index contributed by atoms with van der Waals surface area (Å²) in [6.45, 7) is 2.14. The fourth-order valence-corrected chi connectivity index (χ4v) is 3.85. The number of aryl methyl sites for hydroxylation is 1. The van der Waals surface area contributed by atoms with E-state index in [-0.39, 0.29) is 5.56 Å². The maximum atomic E-state index is 13.7. The van der Waals surface area contributed by atoms with Crippen LogP contribution in [0.2, 0.25) is 0 Å². The first-order chi connectivity index (χ1) is 14.3. The van der Waals surface area contributed by atoms with Gasteiger partial charge in [-0.15, -0.1) is 0 Å². The third-order valence-electron chi connectivity index (χ3n) is 5.16. The van der Waals surface area contributed by atoms with Gasteiger partial charge in [0, 0.05) is 11.1 Å². The molecule has 0 aromatic heterocycles. The van der Waals surface area contributed by atoms with Crippen LogP contribution < -0.4 is 0 Å². The molecule has 0 aliphatic heterocycles. The van der Waals surface area contributed by atoms with E-state index < -0.39 is 23.4 Å². The van der Waals surface area contributed by atoms with Crippen LogP contribution in [-0.4, -0.2) is 0 Å². The molecule has 0 saturated carbocycles. The van der Waals surface area contributed by atoms with Crippen LogP contribution in [0.5, 0.6) is 0 Å². The average molecular weight is 412 g/mol. The lowest BCUT2D eigenvalue weighted by Crippen LogP contribution is -2.11. The highest BCUT2D eigenvalue weighted by atomic mass is 19.4. The topological polar surface area (TPSA) is 0 Å². The van der Waals surface area contributed by atoms with Gasteiger partial charge in [-0.05, 0) is 64.9 Å². The van der Waals surface area contributed by atoms with E-state index in [0.29, 0.717) is 17.7 Å². The standard InChI is InChI=1S/C25H17F5/c1-2-3-15-6-8-20-18(10-15)14-19-11-16(7-9-21(19)20)4-5-17-12-22(26)24(23(27)13-17)25(28,29)30/h6-13H,2-3,14H2,1H3. The zero-order valence-electron chi connectivity index (χ0n) is 16.1. The van der Waals surface area contributed by atoms with Crippen molar-refractivity contribution in [3.05, 3.63) is 93.5 Å². The van der Waals surface area contributed by atoms with Crippen molar-refractivity contribution in [1.29, 1.82) is 0 Å². The number of fused-ring (bicyclic) bond motifs is 3. The highest BCUT2D eigenvalue weighted by Crippen LogP contribution is 2.37. The zero-order chi connectivity index (χ0) is 21.5. The van der Waals surface area contributed by atoms with E-state index in [1.807, 2.05) is 12.1 Å². The van der Waals surface area contributed by atoms with E-state index >= 15 is 0 Å². The molecule has 4 rings (SSSR count). The van der Waals surface area contributed by atoms with Crippen molar-refractivity contribution in [1.82, 2.24) is 0 Å². The van der Waals surface area contributed by atoms with Gasteiger partial charge >= 0.3 is 6.18 Å². The molecule has 0 saturated heterocycles. The highest BCUT2D eigenvalue weighted by molar-refractivity contribution is 5.77. The van der Waals surface area contributed by atoms with Crippen LogP contribution in [0.25, 0.3) is 11.1 Å². The van der Waals surface area contributed by atoms with Crippen molar-refractivity contribution in [2.75, 3.05) is 0 Å². The Morgan fingerprint density at radius 3 is 2.03 bits per heavy atom. The van der Waals surface area contributed by atoms with E-state index in [2.05, 4.69) is 37.0 Å². The fraction of sp³-hybridized carbons (Fsp3) is 0.200. The lowest BCUT2D eigenvalue weighted by molar-refractivity contribution is -0.142. The first-order valence-electron chi connectivity index (χ1n) is 9.59. The van der Waals surface area contributed by atoms with Crippen molar-refractivity contribution >= 4 is 0 Å². The molecular formula is C25H17F5. The predicted octanol–water partition coefficient (Wildman–Crippen LogP) is 6.91. The Balaban J connectivity index is 1.62. The minimum atomic E-state index is -5.09. The second-order valence-electron chi connectivity index (χ2n) is 7.35. The first-order valence-corrected chi connectivity index (χ1v) is 9.59. The molecule has 30 heavy (non-hydrogen) atoms. The molecule has 1 aliphatic rings. The van der Waals surface area contributed by atoms with E-state index in [0.717, 1.165) is 30.4 Å². The normalized spacial score (nSPS) is 12.2. The Morgan fingerprint density at radius 1 is 0.800 bits per heavy atom. The molecule has 0 amide bonds. The highest BCUT2D eigenvalue weighted by Gasteiger charge is 2.37. The number of rotatable bonds is 2. The molecule has 0 spiro atoms. The van der Waals surface area contributed by atoms with Gasteiger partial charge < -0.3 is 0 Å². The second-order valence-corrected chi connectivity index (χ2v) is 7.35. The molecule has 0 atom stereocenters. The summed E-state index contributed by atoms with van der Waals surface area (Å²) >= 11 is 0. The maximum Gasteiger partial charge on any atom is 0.422 e. The minimum Gasteiger partial charge on any atom is -0.206 e. The SMILES string of the molecule is CCCc1ccc2c(c1)Cc1cc(C#Cc3cc(F)c(C(F)(F)F)c(F)c3)ccc1-2. The summed E-state index contributed by atoms with van der Waals surface area (Å²) in [4.78, 5) is 0. The number of halogens is 5. The van der Waals surface area contributed by atoms with Crippen molar-refractivity contribution < 1.29 is 22.0 Å². The summed E-state index contributed by atoms with van der Waals surface area (Å²) in [5, 5.41) is 0. The van der Waals surface area contributed by atoms with Crippen molar-refractivity contribution in [3.63, 3.8) is 0 Å². The number of hydrogen-bond donors (Lipinski definition) is 0. The molecular weight excluding hydrogens is 395 g/mol. The minimum absolute atomic E-state index is 0.147. The molecule has 0 bridgehead atoms. The van der Waals surface area contributed by atoms with E-state index in [9.17, 15) is 22.0 Å². The predicted molar refractivity (Wildman–Crippen MR) is 106 cm³/mol. The molecule has 0 N–H and O–H groups in total. The summed E-state index contributed by atoms with van der Waals surface area (Å²) in [6, 6.07) is 13.4. The summed E-state index contributed by atoms with van der Waals surface area (Å²) in [5.74, 6) is 2.02. The lowest BCUT2D eigenvalue weighted by atomic mass is 10.0. The Kier molecular flexibility index (Phi) is 5.11. The van der Waals surface area contributed by atoms with Gasteiger partial charge in [0.2, 0.25) is 0 Å². The Labute approximate surface area is 171 Å². The summed E-state index contributed by atoms with van der Waals surface area (Å²) in [6.07, 6.45) is -2.20. The third-order valence-corrected chi connectivity index (χ3v) is 5.16. The van der Waals surface area contributed by atoms with Crippen LogP contribution in [0, 0.1) is 23.5 Å². The summed E-state index contributed by atoms with van der Waals surface area (Å²) in [7, 11) is 0. The molecule has 0 unspecified atom stereocenters. The second kappa shape index (κ2) is 7.60. The van der Waals surface area contributed by atoms with Gasteiger partial charge in [0.15, 0.2) is 0 Å². The number of hydrogen-bond acceptors (Lipinski definition) is 0. The van der Waals surface area contributed by atoms with Gasteiger partial charge in [-0.3, -0.25) is 0 Å².